The maximum atomic E-state index is 13.8. The van der Waals surface area contributed by atoms with Gasteiger partial charge in [0.15, 0.2) is 6.04 Å². The Morgan fingerprint density at radius 1 is 0.857 bits per heavy atom. The number of rotatable bonds is 16. The second-order valence-electron chi connectivity index (χ2n) is 12.6. The summed E-state index contributed by atoms with van der Waals surface area (Å²) in [5.74, 6) is -2.29. The van der Waals surface area contributed by atoms with Crippen LogP contribution in [0.15, 0.2) is 60.8 Å². The van der Waals surface area contributed by atoms with Crippen molar-refractivity contribution in [1.29, 1.82) is 0 Å². The first-order chi connectivity index (χ1) is 23.3. The summed E-state index contributed by atoms with van der Waals surface area (Å²) in [4.78, 5) is 67.7. The van der Waals surface area contributed by atoms with E-state index < -0.39 is 59.8 Å². The van der Waals surface area contributed by atoms with Crippen LogP contribution in [0.25, 0.3) is 10.9 Å². The molecule has 14 heteroatoms. The highest BCUT2D eigenvalue weighted by molar-refractivity contribution is 5.94. The monoisotopic (exact) mass is 681 g/mol. The number of aromatic amines is 1. The van der Waals surface area contributed by atoms with E-state index in [2.05, 4.69) is 26.3 Å². The zero-order chi connectivity index (χ0) is 36.0. The number of para-hydroxylation sites is 1. The van der Waals surface area contributed by atoms with Crippen molar-refractivity contribution < 1.29 is 43.3 Å². The van der Waals surface area contributed by atoms with Crippen molar-refractivity contribution in [1.82, 2.24) is 26.3 Å². The molecule has 0 fully saturated rings. The number of nitrogens with one attached hydrogen (secondary N) is 5. The van der Waals surface area contributed by atoms with Crippen molar-refractivity contribution in [3.63, 3.8) is 0 Å². The number of aromatic nitrogens is 1. The number of aliphatic hydroxyl groups is 1. The molecule has 14 nitrogen and oxygen atoms in total. The highest BCUT2D eigenvalue weighted by Gasteiger charge is 2.33. The number of esters is 1. The molecule has 0 bridgehead atoms. The number of fused-ring (bicyclic) bond motifs is 1. The fourth-order valence-corrected chi connectivity index (χ4v) is 4.92. The minimum atomic E-state index is -1.39. The lowest BCUT2D eigenvalue weighted by molar-refractivity contribution is -0.148. The van der Waals surface area contributed by atoms with Gasteiger partial charge >= 0.3 is 18.2 Å². The number of ether oxygens (including phenoxy) is 3. The number of amides is 4. The maximum absolute atomic E-state index is 13.8. The Morgan fingerprint density at radius 2 is 1.53 bits per heavy atom. The lowest BCUT2D eigenvalue weighted by atomic mass is 10.0. The number of hydrogen-bond acceptors (Lipinski definition) is 9. The number of benzene rings is 2. The predicted octanol–water partition coefficient (Wildman–Crippen LogP) is 3.22. The van der Waals surface area contributed by atoms with Crippen LogP contribution in [0.5, 0.6) is 0 Å². The first-order valence-corrected chi connectivity index (χ1v) is 16.1. The van der Waals surface area contributed by atoms with Gasteiger partial charge in [0.05, 0.1) is 13.2 Å². The largest absolute Gasteiger partial charge is 0.467 e. The molecule has 1 heterocycles. The molecule has 0 unspecified atom stereocenters. The van der Waals surface area contributed by atoms with Gasteiger partial charge in [-0.05, 0) is 64.2 Å². The van der Waals surface area contributed by atoms with Crippen LogP contribution in [-0.2, 0) is 41.6 Å². The molecule has 266 valence electrons. The molecule has 0 radical (unpaired) electrons. The molecular formula is C35H47N5O9. The predicted molar refractivity (Wildman–Crippen MR) is 181 cm³/mol. The molecular weight excluding hydrogens is 634 g/mol. The van der Waals surface area contributed by atoms with Gasteiger partial charge in [-0.1, -0.05) is 48.5 Å². The van der Waals surface area contributed by atoms with E-state index in [4.69, 9.17) is 14.2 Å². The average molecular weight is 682 g/mol. The molecule has 0 aliphatic carbocycles. The molecule has 49 heavy (non-hydrogen) atoms. The quantitative estimate of drug-likeness (QED) is 0.0747. The van der Waals surface area contributed by atoms with E-state index in [9.17, 15) is 29.1 Å². The Morgan fingerprint density at radius 3 is 2.20 bits per heavy atom. The molecule has 3 rings (SSSR count). The topological polar surface area (TPSA) is 197 Å². The summed E-state index contributed by atoms with van der Waals surface area (Å²) in [6, 6.07) is 13.0. The molecule has 0 spiro atoms. The molecule has 2 aromatic carbocycles. The smallest absolute Gasteiger partial charge is 0.408 e. The third kappa shape index (κ3) is 12.8. The molecule has 4 atom stereocenters. The molecule has 4 amide bonds. The van der Waals surface area contributed by atoms with Crippen molar-refractivity contribution in [2.75, 3.05) is 13.7 Å². The van der Waals surface area contributed by atoms with Gasteiger partial charge in [0.2, 0.25) is 11.8 Å². The molecule has 0 aliphatic heterocycles. The van der Waals surface area contributed by atoms with Crippen LogP contribution in [0.2, 0.25) is 0 Å². The summed E-state index contributed by atoms with van der Waals surface area (Å²) in [5, 5.41) is 21.4. The number of methoxy groups -OCH3 is 1. The first-order valence-electron chi connectivity index (χ1n) is 16.1. The summed E-state index contributed by atoms with van der Waals surface area (Å²) in [6.45, 7) is 6.75. The minimum absolute atomic E-state index is 0.0664. The van der Waals surface area contributed by atoms with Crippen LogP contribution in [-0.4, -0.2) is 83.5 Å². The van der Waals surface area contributed by atoms with Gasteiger partial charge in [0, 0.05) is 30.1 Å². The van der Waals surface area contributed by atoms with Crippen molar-refractivity contribution in [2.45, 2.75) is 89.8 Å². The molecule has 0 saturated carbocycles. The van der Waals surface area contributed by atoms with Crippen LogP contribution < -0.4 is 21.3 Å². The fourth-order valence-electron chi connectivity index (χ4n) is 4.92. The van der Waals surface area contributed by atoms with Crippen LogP contribution in [0.3, 0.4) is 0 Å². The van der Waals surface area contributed by atoms with E-state index in [-0.39, 0.29) is 26.0 Å². The SMILES string of the molecule is COC(=O)[C@@H](NC(=O)[C@@H](CCCCNC(=O)OCc1ccccc1)NC(=O)[C@@H](Cc1c[nH]c2ccccc12)NC(=O)OC(C)(C)C)[C@@H](C)O. The highest BCUT2D eigenvalue weighted by atomic mass is 16.6. The normalized spacial score (nSPS) is 13.7. The number of H-pyrrole nitrogens is 1. The lowest BCUT2D eigenvalue weighted by Crippen LogP contribution is -2.58. The number of aliphatic hydroxyl groups excluding tert-OH is 1. The zero-order valence-corrected chi connectivity index (χ0v) is 28.5. The molecule has 0 aliphatic rings. The first kappa shape index (κ1) is 38.3. The Bertz CT molecular complexity index is 1550. The lowest BCUT2D eigenvalue weighted by Gasteiger charge is -2.26. The summed E-state index contributed by atoms with van der Waals surface area (Å²) in [6.07, 6.45) is -0.0193. The Balaban J connectivity index is 1.72. The Hall–Kier alpha value is -5.11. The second-order valence-corrected chi connectivity index (χ2v) is 12.6. The zero-order valence-electron chi connectivity index (χ0n) is 28.5. The Kier molecular flexibility index (Phi) is 14.4. The van der Waals surface area contributed by atoms with Crippen LogP contribution >= 0.6 is 0 Å². The van der Waals surface area contributed by atoms with Crippen molar-refractivity contribution >= 4 is 40.9 Å². The van der Waals surface area contributed by atoms with Gasteiger partial charge < -0.3 is 45.6 Å². The van der Waals surface area contributed by atoms with Crippen LogP contribution in [0, 0.1) is 0 Å². The van der Waals surface area contributed by atoms with E-state index in [1.165, 1.54) is 6.92 Å². The molecule has 0 saturated heterocycles. The molecule has 6 N–H and O–H groups in total. The summed E-state index contributed by atoms with van der Waals surface area (Å²) < 4.78 is 15.3. The van der Waals surface area contributed by atoms with Gasteiger partial charge in [0.1, 0.15) is 24.3 Å². The highest BCUT2D eigenvalue weighted by Crippen LogP contribution is 2.20. The van der Waals surface area contributed by atoms with E-state index in [0.29, 0.717) is 12.8 Å². The summed E-state index contributed by atoms with van der Waals surface area (Å²) in [5.41, 5.74) is 1.60. The number of carbonyl (C=O) groups is 5. The molecule has 3 aromatic rings. The van der Waals surface area contributed by atoms with Gasteiger partial charge in [-0.3, -0.25) is 9.59 Å². The van der Waals surface area contributed by atoms with Gasteiger partial charge in [-0.15, -0.1) is 0 Å². The van der Waals surface area contributed by atoms with Crippen molar-refractivity contribution in [2.24, 2.45) is 0 Å². The minimum Gasteiger partial charge on any atom is -0.467 e. The van der Waals surface area contributed by atoms with Crippen LogP contribution in [0.1, 0.15) is 58.1 Å². The van der Waals surface area contributed by atoms with E-state index in [1.54, 1.807) is 27.0 Å². The molecule has 1 aromatic heterocycles. The van der Waals surface area contributed by atoms with Gasteiger partial charge in [-0.2, -0.15) is 0 Å². The van der Waals surface area contributed by atoms with Gasteiger partial charge in [-0.25, -0.2) is 14.4 Å². The Labute approximate surface area is 285 Å². The third-order valence-corrected chi connectivity index (χ3v) is 7.38. The fraction of sp³-hybridized carbons (Fsp3) is 0.457. The number of unbranched alkanes of at least 4 members (excludes halogenated alkanes) is 1. The summed E-state index contributed by atoms with van der Waals surface area (Å²) in [7, 11) is 1.12. The summed E-state index contributed by atoms with van der Waals surface area (Å²) >= 11 is 0. The van der Waals surface area contributed by atoms with Crippen LogP contribution in [0.4, 0.5) is 9.59 Å². The van der Waals surface area contributed by atoms with Gasteiger partial charge in [0.25, 0.3) is 0 Å². The van der Waals surface area contributed by atoms with E-state index >= 15 is 0 Å². The maximum Gasteiger partial charge on any atom is 0.408 e. The second kappa shape index (κ2) is 18.4. The van der Waals surface area contributed by atoms with Crippen molar-refractivity contribution in [3.8, 4) is 0 Å². The number of carbonyl (C=O) groups excluding carboxylic acids is 5. The van der Waals surface area contributed by atoms with E-state index in [0.717, 1.165) is 29.1 Å². The third-order valence-electron chi connectivity index (χ3n) is 7.38. The number of hydrogen-bond donors (Lipinski definition) is 6. The average Bonchev–Trinajstić information content (AvgIpc) is 3.46. The van der Waals surface area contributed by atoms with Crippen molar-refractivity contribution in [3.05, 3.63) is 71.9 Å². The number of alkyl carbamates (subject to hydrolysis) is 2. The standard InChI is InChI=1S/C35H47N5O9/c1-22(41)29(32(44)47-5)40-30(42)27(17-11-12-18-36-33(45)48-21-23-13-7-6-8-14-23)38-31(43)28(39-34(46)49-35(2,3)4)19-24-20-37-26-16-10-9-15-25(24)26/h6-10,13-16,20,22,27-29,37,41H,11-12,17-19,21H2,1-5H3,(H,36,45)(H,38,43)(H,39,46)(H,40,42)/t22-,27-,28-,29+/m1/s1. The van der Waals surface area contributed by atoms with E-state index in [1.807, 2.05) is 54.6 Å².